The fraction of sp³-hybridized carbons (Fsp3) is 0.579. The molecular weight excluding hydrogens is 402 g/mol. The third-order valence-corrected chi connectivity index (χ3v) is 7.55. The van der Waals surface area contributed by atoms with Crippen LogP contribution in [0.25, 0.3) is 0 Å². The molecule has 0 radical (unpaired) electrons. The largest absolute Gasteiger partial charge is 0.345 e. The zero-order valence-electron chi connectivity index (χ0n) is 16.4. The molecular formula is C19H26ClN3O4S. The number of benzene rings is 1. The van der Waals surface area contributed by atoms with Gasteiger partial charge in [-0.15, -0.1) is 0 Å². The molecule has 1 spiro atoms. The minimum Gasteiger partial charge on any atom is -0.345 e. The molecule has 0 bridgehead atoms. The molecule has 2 heterocycles. The van der Waals surface area contributed by atoms with Crippen LogP contribution in [0.2, 0.25) is 5.02 Å². The first kappa shape index (κ1) is 21.1. The standard InChI is InChI=1S/C19H26ClN3O4S/c1-14(2)18(25)22-8-9-23(13-19(12-22)10-17(24)21(3)11-19)28(26,27)16-6-4-15(20)5-7-16/h4-7,14H,8-13H2,1-3H3/t19-/m1/s1. The Labute approximate surface area is 171 Å². The molecule has 3 rings (SSSR count). The van der Waals surface area contributed by atoms with Crippen LogP contribution in [-0.2, 0) is 19.6 Å². The summed E-state index contributed by atoms with van der Waals surface area (Å²) in [6.45, 7) is 5.18. The van der Waals surface area contributed by atoms with Crippen LogP contribution >= 0.6 is 11.6 Å². The molecule has 0 unspecified atom stereocenters. The smallest absolute Gasteiger partial charge is 0.243 e. The Bertz CT molecular complexity index is 872. The van der Waals surface area contributed by atoms with E-state index in [0.717, 1.165) is 0 Å². The van der Waals surface area contributed by atoms with Gasteiger partial charge in [0, 0.05) is 62.5 Å². The van der Waals surface area contributed by atoms with Gasteiger partial charge in [0.2, 0.25) is 21.8 Å². The van der Waals surface area contributed by atoms with Crippen molar-refractivity contribution in [1.29, 1.82) is 0 Å². The molecule has 7 nitrogen and oxygen atoms in total. The monoisotopic (exact) mass is 427 g/mol. The molecule has 2 amide bonds. The molecule has 1 atom stereocenters. The molecule has 2 saturated heterocycles. The zero-order chi connectivity index (χ0) is 20.7. The van der Waals surface area contributed by atoms with Crippen molar-refractivity contribution in [2.75, 3.05) is 39.8 Å². The van der Waals surface area contributed by atoms with E-state index in [1.807, 2.05) is 13.8 Å². The Kier molecular flexibility index (Phi) is 5.76. The lowest BCUT2D eigenvalue weighted by molar-refractivity contribution is -0.135. The Morgan fingerprint density at radius 3 is 2.29 bits per heavy atom. The van der Waals surface area contributed by atoms with Gasteiger partial charge < -0.3 is 9.80 Å². The summed E-state index contributed by atoms with van der Waals surface area (Å²) in [4.78, 5) is 28.4. The molecule has 1 aromatic carbocycles. The average Bonchev–Trinajstić information content (AvgIpc) is 2.79. The number of rotatable bonds is 3. The first-order valence-electron chi connectivity index (χ1n) is 9.33. The maximum Gasteiger partial charge on any atom is 0.243 e. The van der Waals surface area contributed by atoms with Crippen LogP contribution in [0.15, 0.2) is 29.2 Å². The summed E-state index contributed by atoms with van der Waals surface area (Å²) >= 11 is 5.89. The number of carbonyl (C=O) groups is 2. The SMILES string of the molecule is CC(C)C(=O)N1CCN(S(=O)(=O)c2ccc(Cl)cc2)C[C@@]2(CC(=O)N(C)C2)C1. The van der Waals surface area contributed by atoms with Gasteiger partial charge in [-0.3, -0.25) is 9.59 Å². The van der Waals surface area contributed by atoms with Gasteiger partial charge in [-0.25, -0.2) is 8.42 Å². The van der Waals surface area contributed by atoms with Crippen molar-refractivity contribution < 1.29 is 18.0 Å². The molecule has 1 aromatic rings. The maximum atomic E-state index is 13.2. The summed E-state index contributed by atoms with van der Waals surface area (Å²) in [6.07, 6.45) is 0.234. The van der Waals surface area contributed by atoms with E-state index in [-0.39, 0.29) is 42.1 Å². The summed E-state index contributed by atoms with van der Waals surface area (Å²) < 4.78 is 27.9. The van der Waals surface area contributed by atoms with E-state index in [9.17, 15) is 18.0 Å². The van der Waals surface area contributed by atoms with Gasteiger partial charge in [0.25, 0.3) is 0 Å². The second-order valence-corrected chi connectivity index (χ2v) is 10.5. The summed E-state index contributed by atoms with van der Waals surface area (Å²) in [5.74, 6) is -0.235. The second-order valence-electron chi connectivity index (χ2n) is 8.13. The first-order valence-corrected chi connectivity index (χ1v) is 11.1. The minimum atomic E-state index is -3.76. The van der Waals surface area contributed by atoms with E-state index >= 15 is 0 Å². The summed E-state index contributed by atoms with van der Waals surface area (Å²) in [5, 5.41) is 0.461. The Morgan fingerprint density at radius 2 is 1.75 bits per heavy atom. The summed E-state index contributed by atoms with van der Waals surface area (Å²) in [7, 11) is -2.05. The van der Waals surface area contributed by atoms with Gasteiger partial charge in [0.05, 0.1) is 4.90 Å². The highest BCUT2D eigenvalue weighted by Gasteiger charge is 2.48. The lowest BCUT2D eigenvalue weighted by atomic mass is 9.86. The van der Waals surface area contributed by atoms with Gasteiger partial charge in [-0.05, 0) is 24.3 Å². The highest BCUT2D eigenvalue weighted by atomic mass is 35.5. The number of hydrogen-bond donors (Lipinski definition) is 0. The Morgan fingerprint density at radius 1 is 1.11 bits per heavy atom. The van der Waals surface area contributed by atoms with E-state index in [2.05, 4.69) is 0 Å². The van der Waals surface area contributed by atoms with Crippen LogP contribution in [0.3, 0.4) is 0 Å². The van der Waals surface area contributed by atoms with Crippen molar-refractivity contribution >= 4 is 33.4 Å². The normalized spacial score (nSPS) is 24.2. The number of hydrogen-bond acceptors (Lipinski definition) is 4. The summed E-state index contributed by atoms with van der Waals surface area (Å²) in [6, 6.07) is 6.06. The van der Waals surface area contributed by atoms with Crippen LogP contribution in [-0.4, -0.2) is 74.1 Å². The van der Waals surface area contributed by atoms with Crippen molar-refractivity contribution in [3.63, 3.8) is 0 Å². The van der Waals surface area contributed by atoms with E-state index in [0.29, 0.717) is 24.7 Å². The van der Waals surface area contributed by atoms with Gasteiger partial charge in [-0.1, -0.05) is 25.4 Å². The molecule has 0 saturated carbocycles. The van der Waals surface area contributed by atoms with Crippen molar-refractivity contribution in [2.45, 2.75) is 25.2 Å². The van der Waals surface area contributed by atoms with E-state index < -0.39 is 15.4 Å². The zero-order valence-corrected chi connectivity index (χ0v) is 18.0. The number of likely N-dealkylation sites (tertiary alicyclic amines) is 1. The maximum absolute atomic E-state index is 13.2. The first-order chi connectivity index (χ1) is 13.0. The molecule has 0 aromatic heterocycles. The highest BCUT2D eigenvalue weighted by Crippen LogP contribution is 2.36. The Hall–Kier alpha value is -1.64. The van der Waals surface area contributed by atoms with Gasteiger partial charge in [-0.2, -0.15) is 4.31 Å². The lowest BCUT2D eigenvalue weighted by Gasteiger charge is -2.33. The van der Waals surface area contributed by atoms with Crippen molar-refractivity contribution in [3.05, 3.63) is 29.3 Å². The molecule has 9 heteroatoms. The molecule has 0 aliphatic carbocycles. The number of carbonyl (C=O) groups excluding carboxylic acids is 2. The topological polar surface area (TPSA) is 78.0 Å². The van der Waals surface area contributed by atoms with Crippen LogP contribution < -0.4 is 0 Å². The molecule has 2 aliphatic heterocycles. The minimum absolute atomic E-state index is 0.0212. The van der Waals surface area contributed by atoms with Crippen molar-refractivity contribution in [2.24, 2.45) is 11.3 Å². The highest BCUT2D eigenvalue weighted by molar-refractivity contribution is 7.89. The van der Waals surface area contributed by atoms with E-state index in [4.69, 9.17) is 11.6 Å². The van der Waals surface area contributed by atoms with Gasteiger partial charge >= 0.3 is 0 Å². The van der Waals surface area contributed by atoms with Gasteiger partial charge in [0.15, 0.2) is 0 Å². The second kappa shape index (κ2) is 7.65. The predicted octanol–water partition coefficient (Wildman–Crippen LogP) is 1.68. The number of halogens is 1. The van der Waals surface area contributed by atoms with Crippen LogP contribution in [0.4, 0.5) is 0 Å². The Balaban J connectivity index is 1.96. The molecule has 28 heavy (non-hydrogen) atoms. The summed E-state index contributed by atoms with van der Waals surface area (Å²) in [5.41, 5.74) is -0.605. The fourth-order valence-corrected chi connectivity index (χ4v) is 5.72. The molecule has 0 N–H and O–H groups in total. The van der Waals surface area contributed by atoms with Crippen molar-refractivity contribution in [3.8, 4) is 0 Å². The number of nitrogens with zero attached hydrogens (tertiary/aromatic N) is 3. The van der Waals surface area contributed by atoms with Crippen LogP contribution in [0.5, 0.6) is 0 Å². The number of sulfonamides is 1. The van der Waals surface area contributed by atoms with Gasteiger partial charge in [0.1, 0.15) is 0 Å². The van der Waals surface area contributed by atoms with Crippen LogP contribution in [0.1, 0.15) is 20.3 Å². The predicted molar refractivity (Wildman–Crippen MR) is 106 cm³/mol. The third kappa shape index (κ3) is 4.04. The van der Waals surface area contributed by atoms with E-state index in [1.54, 1.807) is 29.0 Å². The fourth-order valence-electron chi connectivity index (χ4n) is 4.05. The van der Waals surface area contributed by atoms with Crippen LogP contribution in [0, 0.1) is 11.3 Å². The number of amides is 2. The molecule has 154 valence electrons. The lowest BCUT2D eigenvalue weighted by Crippen LogP contribution is -2.45. The molecule has 2 aliphatic rings. The van der Waals surface area contributed by atoms with Crippen molar-refractivity contribution in [1.82, 2.24) is 14.1 Å². The quantitative estimate of drug-likeness (QED) is 0.735. The molecule has 2 fully saturated rings. The third-order valence-electron chi connectivity index (χ3n) is 5.44. The van der Waals surface area contributed by atoms with E-state index in [1.165, 1.54) is 16.4 Å². The average molecular weight is 428 g/mol.